The molecule has 0 aliphatic heterocycles. The summed E-state index contributed by atoms with van der Waals surface area (Å²) in [6, 6.07) is 5.79. The van der Waals surface area contributed by atoms with Crippen molar-refractivity contribution in [1.29, 1.82) is 0 Å². The van der Waals surface area contributed by atoms with Gasteiger partial charge >= 0.3 is 0 Å². The molecule has 0 radical (unpaired) electrons. The molecule has 25 heavy (non-hydrogen) atoms. The molecule has 1 saturated carbocycles. The van der Waals surface area contributed by atoms with Crippen LogP contribution in [0.1, 0.15) is 56.9 Å². The minimum Gasteiger partial charge on any atom is -0.352 e. The maximum atomic E-state index is 12.1. The third-order valence-electron chi connectivity index (χ3n) is 4.09. The molecule has 0 bridgehead atoms. The van der Waals surface area contributed by atoms with E-state index in [1.54, 1.807) is 18.2 Å². The second-order valence-electron chi connectivity index (χ2n) is 7.54. The molecule has 0 saturated heterocycles. The summed E-state index contributed by atoms with van der Waals surface area (Å²) in [4.78, 5) is 28.1. The lowest BCUT2D eigenvalue weighted by atomic mass is 9.89. The average Bonchev–Trinajstić information content (AvgIpc) is 2.53. The molecule has 0 spiro atoms. The summed E-state index contributed by atoms with van der Waals surface area (Å²) < 4.78 is 0.588. The van der Waals surface area contributed by atoms with Crippen molar-refractivity contribution >= 4 is 27.7 Å². The Balaban J connectivity index is 1.70. The fourth-order valence-corrected chi connectivity index (χ4v) is 3.40. The molecule has 0 atom stereocenters. The zero-order chi connectivity index (χ0) is 18.4. The molecule has 1 fully saturated rings. The lowest BCUT2D eigenvalue weighted by molar-refractivity contribution is -0.121. The molecule has 0 unspecified atom stereocenters. The van der Waals surface area contributed by atoms with Gasteiger partial charge in [0, 0.05) is 17.6 Å². The Bertz CT molecular complexity index is 607. The first-order valence-electron chi connectivity index (χ1n) is 8.71. The molecule has 6 nitrogen and oxygen atoms in total. The number of nitrogens with one attached hydrogen (secondary N) is 3. The Morgan fingerprint density at radius 1 is 1.16 bits per heavy atom. The van der Waals surface area contributed by atoms with E-state index >= 15 is 0 Å². The molecule has 1 heterocycles. The highest BCUT2D eigenvalue weighted by atomic mass is 79.9. The van der Waals surface area contributed by atoms with Crippen LogP contribution < -0.4 is 16.0 Å². The maximum absolute atomic E-state index is 12.1. The highest BCUT2D eigenvalue weighted by molar-refractivity contribution is 9.10. The molecule has 3 N–H and O–H groups in total. The van der Waals surface area contributed by atoms with E-state index in [0.717, 1.165) is 25.7 Å². The molecular weight excluding hydrogens is 384 g/mol. The van der Waals surface area contributed by atoms with Crippen molar-refractivity contribution in [1.82, 2.24) is 20.9 Å². The van der Waals surface area contributed by atoms with Crippen LogP contribution in [0.4, 0.5) is 0 Å². The van der Waals surface area contributed by atoms with Gasteiger partial charge in [0.1, 0.15) is 10.3 Å². The quantitative estimate of drug-likeness (QED) is 0.650. The summed E-state index contributed by atoms with van der Waals surface area (Å²) >= 11 is 3.22. The van der Waals surface area contributed by atoms with E-state index in [2.05, 4.69) is 57.6 Å². The van der Waals surface area contributed by atoms with E-state index in [0.29, 0.717) is 10.6 Å². The van der Waals surface area contributed by atoms with Gasteiger partial charge in [0.25, 0.3) is 5.91 Å². The number of carbonyl (C=O) groups is 2. The SMILES string of the molecule is CC(C)(C)NC1CCC(NC(=O)CNC(=O)c2cccc(Br)n2)CC1. The van der Waals surface area contributed by atoms with Gasteiger partial charge in [-0.05, 0) is 74.5 Å². The van der Waals surface area contributed by atoms with Crippen molar-refractivity contribution < 1.29 is 9.59 Å². The Hall–Kier alpha value is -1.47. The first-order chi connectivity index (χ1) is 11.7. The summed E-state index contributed by atoms with van der Waals surface area (Å²) in [5, 5.41) is 9.23. The minimum atomic E-state index is -0.352. The van der Waals surface area contributed by atoms with Gasteiger partial charge in [-0.25, -0.2) is 4.98 Å². The van der Waals surface area contributed by atoms with Crippen LogP contribution in [0.5, 0.6) is 0 Å². The van der Waals surface area contributed by atoms with E-state index in [9.17, 15) is 9.59 Å². The van der Waals surface area contributed by atoms with Gasteiger partial charge in [-0.2, -0.15) is 0 Å². The van der Waals surface area contributed by atoms with Crippen molar-refractivity contribution in [2.45, 2.75) is 64.1 Å². The largest absolute Gasteiger partial charge is 0.352 e. The van der Waals surface area contributed by atoms with Crippen molar-refractivity contribution in [2.75, 3.05) is 6.54 Å². The van der Waals surface area contributed by atoms with Crippen molar-refractivity contribution in [3.05, 3.63) is 28.5 Å². The molecule has 1 aliphatic carbocycles. The molecular formula is C18H27BrN4O2. The number of hydrogen-bond acceptors (Lipinski definition) is 4. The Morgan fingerprint density at radius 2 is 1.80 bits per heavy atom. The standard InChI is InChI=1S/C18H27BrN4O2/c1-18(2,3)23-13-9-7-12(8-10-13)21-16(24)11-20-17(25)14-5-4-6-15(19)22-14/h4-6,12-13,23H,7-11H2,1-3H3,(H,20,25)(H,21,24). The van der Waals surface area contributed by atoms with Crippen LogP contribution in [0, 0.1) is 0 Å². The van der Waals surface area contributed by atoms with Crippen LogP contribution in [0.25, 0.3) is 0 Å². The Labute approximate surface area is 157 Å². The number of nitrogens with zero attached hydrogens (tertiary/aromatic N) is 1. The van der Waals surface area contributed by atoms with Gasteiger partial charge in [-0.15, -0.1) is 0 Å². The zero-order valence-electron chi connectivity index (χ0n) is 15.1. The predicted molar refractivity (Wildman–Crippen MR) is 101 cm³/mol. The number of amides is 2. The van der Waals surface area contributed by atoms with Crippen LogP contribution in [-0.4, -0.2) is 41.0 Å². The summed E-state index contributed by atoms with van der Waals surface area (Å²) in [6.45, 7) is 6.48. The number of aromatic nitrogens is 1. The maximum Gasteiger partial charge on any atom is 0.270 e. The molecule has 7 heteroatoms. The zero-order valence-corrected chi connectivity index (χ0v) is 16.6. The summed E-state index contributed by atoms with van der Waals surface area (Å²) in [5.41, 5.74) is 0.404. The minimum absolute atomic E-state index is 0.0345. The molecule has 2 amide bonds. The van der Waals surface area contributed by atoms with E-state index in [1.807, 2.05) is 0 Å². The van der Waals surface area contributed by atoms with Crippen molar-refractivity contribution in [3.63, 3.8) is 0 Å². The number of carbonyl (C=O) groups excluding carboxylic acids is 2. The average molecular weight is 411 g/mol. The Morgan fingerprint density at radius 3 is 2.40 bits per heavy atom. The predicted octanol–water partition coefficient (Wildman–Crippen LogP) is 2.39. The smallest absolute Gasteiger partial charge is 0.270 e. The number of hydrogen-bond donors (Lipinski definition) is 3. The highest BCUT2D eigenvalue weighted by Gasteiger charge is 2.25. The lowest BCUT2D eigenvalue weighted by Crippen LogP contribution is -2.49. The monoisotopic (exact) mass is 410 g/mol. The van der Waals surface area contributed by atoms with Crippen LogP contribution in [0.2, 0.25) is 0 Å². The van der Waals surface area contributed by atoms with Crippen LogP contribution >= 0.6 is 15.9 Å². The summed E-state index contributed by atoms with van der Waals surface area (Å²) in [7, 11) is 0. The molecule has 1 aromatic heterocycles. The highest BCUT2D eigenvalue weighted by Crippen LogP contribution is 2.20. The van der Waals surface area contributed by atoms with Crippen molar-refractivity contribution in [2.24, 2.45) is 0 Å². The number of rotatable bonds is 5. The first kappa shape index (κ1) is 19.8. The van der Waals surface area contributed by atoms with Crippen LogP contribution in [-0.2, 0) is 4.79 Å². The first-order valence-corrected chi connectivity index (χ1v) is 9.50. The number of halogens is 1. The van der Waals surface area contributed by atoms with Gasteiger partial charge in [-0.3, -0.25) is 9.59 Å². The fourth-order valence-electron chi connectivity index (χ4n) is 3.06. The van der Waals surface area contributed by atoms with Gasteiger partial charge in [0.2, 0.25) is 5.91 Å². The lowest BCUT2D eigenvalue weighted by Gasteiger charge is -2.34. The van der Waals surface area contributed by atoms with E-state index in [1.165, 1.54) is 0 Å². The second kappa shape index (κ2) is 8.76. The van der Waals surface area contributed by atoms with E-state index in [4.69, 9.17) is 0 Å². The van der Waals surface area contributed by atoms with Gasteiger partial charge < -0.3 is 16.0 Å². The van der Waals surface area contributed by atoms with E-state index < -0.39 is 0 Å². The summed E-state index contributed by atoms with van der Waals surface area (Å²) in [6.07, 6.45) is 4.02. The fraction of sp³-hybridized carbons (Fsp3) is 0.611. The molecule has 0 aromatic carbocycles. The molecule has 1 aliphatic rings. The third kappa shape index (κ3) is 7.12. The second-order valence-corrected chi connectivity index (χ2v) is 8.35. The third-order valence-corrected chi connectivity index (χ3v) is 4.53. The van der Waals surface area contributed by atoms with Gasteiger partial charge in [0.05, 0.1) is 6.54 Å². The van der Waals surface area contributed by atoms with Crippen molar-refractivity contribution in [3.8, 4) is 0 Å². The normalized spacial score (nSPS) is 20.8. The van der Waals surface area contributed by atoms with Crippen LogP contribution in [0.15, 0.2) is 22.8 Å². The topological polar surface area (TPSA) is 83.1 Å². The molecule has 2 rings (SSSR count). The molecule has 138 valence electrons. The molecule has 1 aromatic rings. The van der Waals surface area contributed by atoms with Gasteiger partial charge in [0.15, 0.2) is 0 Å². The van der Waals surface area contributed by atoms with Crippen LogP contribution in [0.3, 0.4) is 0 Å². The van der Waals surface area contributed by atoms with E-state index in [-0.39, 0.29) is 35.6 Å². The van der Waals surface area contributed by atoms with Gasteiger partial charge in [-0.1, -0.05) is 6.07 Å². The summed E-state index contributed by atoms with van der Waals surface area (Å²) in [5.74, 6) is -0.509. The number of pyridine rings is 1. The Kier molecular flexibility index (Phi) is 6.95.